The van der Waals surface area contributed by atoms with E-state index in [9.17, 15) is 0 Å². The Bertz CT molecular complexity index is 318. The van der Waals surface area contributed by atoms with Gasteiger partial charge in [0.1, 0.15) is 0 Å². The van der Waals surface area contributed by atoms with Crippen molar-refractivity contribution >= 4 is 0 Å². The summed E-state index contributed by atoms with van der Waals surface area (Å²) in [5, 5.41) is 3.54. The average molecular weight is 190 g/mol. The highest BCUT2D eigenvalue weighted by molar-refractivity contribution is 5.39. The molecule has 3 N–H and O–H groups in total. The molecule has 76 valence electrons. The molecule has 0 heterocycles. The van der Waals surface area contributed by atoms with E-state index in [-0.39, 0.29) is 5.54 Å². The van der Waals surface area contributed by atoms with Crippen LogP contribution in [0.15, 0.2) is 24.3 Å². The molecule has 0 spiro atoms. The van der Waals surface area contributed by atoms with Gasteiger partial charge >= 0.3 is 0 Å². The van der Waals surface area contributed by atoms with Crippen molar-refractivity contribution in [3.8, 4) is 0 Å². The molecule has 14 heavy (non-hydrogen) atoms. The lowest BCUT2D eigenvalue weighted by atomic mass is 9.92. The molecular formula is C12H18N2. The van der Waals surface area contributed by atoms with Gasteiger partial charge in [-0.2, -0.15) is 0 Å². The van der Waals surface area contributed by atoms with E-state index in [0.717, 1.165) is 19.4 Å². The van der Waals surface area contributed by atoms with E-state index in [1.54, 1.807) is 0 Å². The number of likely N-dealkylation sites (N-methyl/N-ethyl adjacent to an activating group) is 1. The third kappa shape index (κ3) is 1.35. The highest BCUT2D eigenvalue weighted by Crippen LogP contribution is 2.35. The quantitative estimate of drug-likeness (QED) is 0.756. The minimum Gasteiger partial charge on any atom is -0.328 e. The summed E-state index contributed by atoms with van der Waals surface area (Å²) in [5.74, 6) is 0. The zero-order valence-corrected chi connectivity index (χ0v) is 8.72. The zero-order valence-electron chi connectivity index (χ0n) is 8.72. The molecule has 1 aliphatic rings. The SMILES string of the molecule is CCNC1(CN)CCc2ccccc21. The third-order valence-electron chi connectivity index (χ3n) is 3.22. The molecule has 1 atom stereocenters. The highest BCUT2D eigenvalue weighted by Gasteiger charge is 2.36. The molecule has 0 amide bonds. The van der Waals surface area contributed by atoms with Crippen molar-refractivity contribution in [1.82, 2.24) is 5.32 Å². The van der Waals surface area contributed by atoms with Crippen LogP contribution in [-0.2, 0) is 12.0 Å². The number of hydrogen-bond donors (Lipinski definition) is 2. The van der Waals surface area contributed by atoms with E-state index in [1.165, 1.54) is 11.1 Å². The second-order valence-corrected chi connectivity index (χ2v) is 3.97. The Hall–Kier alpha value is -0.860. The molecule has 0 fully saturated rings. The fourth-order valence-corrected chi connectivity index (χ4v) is 2.49. The number of benzene rings is 1. The molecule has 1 unspecified atom stereocenters. The lowest BCUT2D eigenvalue weighted by molar-refractivity contribution is 0.349. The van der Waals surface area contributed by atoms with Crippen LogP contribution in [-0.4, -0.2) is 13.1 Å². The standard InChI is InChI=1S/C12H18N2/c1-2-14-12(9-13)8-7-10-5-3-4-6-11(10)12/h3-6,14H,2,7-9,13H2,1H3. The van der Waals surface area contributed by atoms with E-state index in [1.807, 2.05) is 0 Å². The summed E-state index contributed by atoms with van der Waals surface area (Å²) < 4.78 is 0. The van der Waals surface area contributed by atoms with Gasteiger partial charge in [0, 0.05) is 6.54 Å². The molecule has 2 nitrogen and oxygen atoms in total. The second kappa shape index (κ2) is 3.71. The van der Waals surface area contributed by atoms with Gasteiger partial charge in [0.15, 0.2) is 0 Å². The Balaban J connectivity index is 2.39. The van der Waals surface area contributed by atoms with Crippen molar-refractivity contribution in [2.45, 2.75) is 25.3 Å². The predicted molar refractivity (Wildman–Crippen MR) is 59.2 cm³/mol. The summed E-state index contributed by atoms with van der Waals surface area (Å²) in [6, 6.07) is 8.63. The van der Waals surface area contributed by atoms with Crippen molar-refractivity contribution in [2.75, 3.05) is 13.1 Å². The monoisotopic (exact) mass is 190 g/mol. The van der Waals surface area contributed by atoms with Gasteiger partial charge in [0.25, 0.3) is 0 Å². The fourth-order valence-electron chi connectivity index (χ4n) is 2.49. The Labute approximate surface area is 85.5 Å². The van der Waals surface area contributed by atoms with Crippen molar-refractivity contribution in [3.63, 3.8) is 0 Å². The number of fused-ring (bicyclic) bond motifs is 1. The maximum atomic E-state index is 5.91. The van der Waals surface area contributed by atoms with Crippen LogP contribution in [0.4, 0.5) is 0 Å². The number of nitrogens with two attached hydrogens (primary N) is 1. The number of nitrogens with one attached hydrogen (secondary N) is 1. The maximum absolute atomic E-state index is 5.91. The first kappa shape index (κ1) is 9.69. The molecule has 2 heteroatoms. The molecule has 0 aliphatic heterocycles. The van der Waals surface area contributed by atoms with Crippen LogP contribution >= 0.6 is 0 Å². The van der Waals surface area contributed by atoms with Crippen LogP contribution in [0.5, 0.6) is 0 Å². The molecule has 0 aromatic heterocycles. The van der Waals surface area contributed by atoms with Gasteiger partial charge in [-0.05, 0) is 30.5 Å². The first-order valence-electron chi connectivity index (χ1n) is 5.36. The van der Waals surface area contributed by atoms with Crippen molar-refractivity contribution in [1.29, 1.82) is 0 Å². The Kier molecular flexibility index (Phi) is 2.57. The van der Waals surface area contributed by atoms with Gasteiger partial charge in [-0.15, -0.1) is 0 Å². The summed E-state index contributed by atoms with van der Waals surface area (Å²) in [6.07, 6.45) is 2.29. The normalized spacial score (nSPS) is 25.0. The summed E-state index contributed by atoms with van der Waals surface area (Å²) in [5.41, 5.74) is 8.82. The number of hydrogen-bond acceptors (Lipinski definition) is 2. The molecule has 1 aromatic rings. The number of aryl methyl sites for hydroxylation is 1. The van der Waals surface area contributed by atoms with E-state index in [0.29, 0.717) is 6.54 Å². The van der Waals surface area contributed by atoms with E-state index in [2.05, 4.69) is 36.5 Å². The van der Waals surface area contributed by atoms with E-state index in [4.69, 9.17) is 5.73 Å². The summed E-state index contributed by atoms with van der Waals surface area (Å²) in [4.78, 5) is 0. The van der Waals surface area contributed by atoms with Crippen LogP contribution < -0.4 is 11.1 Å². The van der Waals surface area contributed by atoms with Crippen LogP contribution in [0.3, 0.4) is 0 Å². The van der Waals surface area contributed by atoms with Crippen molar-refractivity contribution in [3.05, 3.63) is 35.4 Å². The van der Waals surface area contributed by atoms with Crippen LogP contribution in [0.2, 0.25) is 0 Å². The van der Waals surface area contributed by atoms with E-state index < -0.39 is 0 Å². The van der Waals surface area contributed by atoms with Crippen LogP contribution in [0.25, 0.3) is 0 Å². The summed E-state index contributed by atoms with van der Waals surface area (Å²) >= 11 is 0. The van der Waals surface area contributed by atoms with E-state index >= 15 is 0 Å². The fraction of sp³-hybridized carbons (Fsp3) is 0.500. The van der Waals surface area contributed by atoms with Gasteiger partial charge in [0.05, 0.1) is 5.54 Å². The van der Waals surface area contributed by atoms with Gasteiger partial charge in [-0.3, -0.25) is 0 Å². The Morgan fingerprint density at radius 2 is 2.21 bits per heavy atom. The molecule has 0 bridgehead atoms. The molecule has 1 aliphatic carbocycles. The first-order chi connectivity index (χ1) is 6.82. The molecule has 2 rings (SSSR count). The largest absolute Gasteiger partial charge is 0.328 e. The number of rotatable bonds is 3. The summed E-state index contributed by atoms with van der Waals surface area (Å²) in [6.45, 7) is 3.81. The minimum atomic E-state index is 0.0470. The highest BCUT2D eigenvalue weighted by atomic mass is 15.0. The van der Waals surface area contributed by atoms with Gasteiger partial charge in [-0.1, -0.05) is 31.2 Å². The zero-order chi connectivity index (χ0) is 10.0. The lowest BCUT2D eigenvalue weighted by Gasteiger charge is -2.29. The molecule has 0 radical (unpaired) electrons. The van der Waals surface area contributed by atoms with Crippen molar-refractivity contribution < 1.29 is 0 Å². The van der Waals surface area contributed by atoms with Gasteiger partial charge in [0.2, 0.25) is 0 Å². The maximum Gasteiger partial charge on any atom is 0.0564 e. The topological polar surface area (TPSA) is 38.0 Å². The van der Waals surface area contributed by atoms with Gasteiger partial charge in [-0.25, -0.2) is 0 Å². The Morgan fingerprint density at radius 1 is 1.43 bits per heavy atom. The third-order valence-corrected chi connectivity index (χ3v) is 3.22. The summed E-state index contributed by atoms with van der Waals surface area (Å²) in [7, 11) is 0. The van der Waals surface area contributed by atoms with Crippen LogP contribution in [0, 0.1) is 0 Å². The first-order valence-corrected chi connectivity index (χ1v) is 5.36. The molecule has 1 aromatic carbocycles. The minimum absolute atomic E-state index is 0.0470. The van der Waals surface area contributed by atoms with Gasteiger partial charge < -0.3 is 11.1 Å². The molecule has 0 saturated heterocycles. The second-order valence-electron chi connectivity index (χ2n) is 3.97. The molecular weight excluding hydrogens is 172 g/mol. The molecule has 0 saturated carbocycles. The Morgan fingerprint density at radius 3 is 2.93 bits per heavy atom. The lowest BCUT2D eigenvalue weighted by Crippen LogP contribution is -2.46. The van der Waals surface area contributed by atoms with Crippen LogP contribution in [0.1, 0.15) is 24.5 Å². The smallest absolute Gasteiger partial charge is 0.0564 e. The van der Waals surface area contributed by atoms with Crippen molar-refractivity contribution in [2.24, 2.45) is 5.73 Å². The predicted octanol–water partition coefficient (Wildman–Crippen LogP) is 1.40. The average Bonchev–Trinajstić information content (AvgIpc) is 2.59.